The topological polar surface area (TPSA) is 95.5 Å². The van der Waals surface area contributed by atoms with Crippen LogP contribution in [0, 0.1) is 6.92 Å². The molecule has 1 atom stereocenters. The minimum absolute atomic E-state index is 0.144. The van der Waals surface area contributed by atoms with Crippen molar-refractivity contribution in [2.24, 2.45) is 0 Å². The van der Waals surface area contributed by atoms with Crippen LogP contribution in [-0.2, 0) is 4.74 Å². The van der Waals surface area contributed by atoms with Gasteiger partial charge in [-0.3, -0.25) is 9.59 Å². The zero-order chi connectivity index (χ0) is 15.0. The first kappa shape index (κ1) is 14.2. The summed E-state index contributed by atoms with van der Waals surface area (Å²) in [4.78, 5) is 33.8. The van der Waals surface area contributed by atoms with Crippen LogP contribution in [0.2, 0.25) is 0 Å². The molecular weight excluding hydrogens is 294 g/mol. The molecule has 21 heavy (non-hydrogen) atoms. The van der Waals surface area contributed by atoms with Gasteiger partial charge in [0.25, 0.3) is 11.5 Å². The number of thiophene rings is 1. The molecule has 0 spiro atoms. The third kappa shape index (κ3) is 2.35. The first-order valence-corrected chi connectivity index (χ1v) is 7.41. The van der Waals surface area contributed by atoms with Crippen LogP contribution in [0.15, 0.2) is 11.1 Å². The van der Waals surface area contributed by atoms with Gasteiger partial charge in [0.1, 0.15) is 4.83 Å². The summed E-state index contributed by atoms with van der Waals surface area (Å²) in [5.74, 6) is -0.183. The molecule has 0 aromatic carbocycles. The second-order valence-electron chi connectivity index (χ2n) is 4.88. The van der Waals surface area contributed by atoms with Crippen LogP contribution in [0.5, 0.6) is 0 Å². The quantitative estimate of drug-likeness (QED) is 0.822. The Morgan fingerprint density at radius 3 is 3.19 bits per heavy atom. The van der Waals surface area contributed by atoms with E-state index in [0.717, 1.165) is 0 Å². The number of carbonyl (C=O) groups excluding carboxylic acids is 1. The number of H-pyrrole nitrogens is 1. The van der Waals surface area contributed by atoms with Crippen LogP contribution in [0.1, 0.15) is 15.2 Å². The molecule has 1 saturated heterocycles. The summed E-state index contributed by atoms with van der Waals surface area (Å²) in [6, 6.07) is -0.345. The van der Waals surface area contributed by atoms with Gasteiger partial charge in [-0.1, -0.05) is 0 Å². The maximum atomic E-state index is 12.7. The number of aromatic amines is 1. The average Bonchev–Trinajstić information content (AvgIpc) is 2.85. The molecule has 1 aliphatic heterocycles. The van der Waals surface area contributed by atoms with Crippen molar-refractivity contribution in [1.29, 1.82) is 0 Å². The van der Waals surface area contributed by atoms with Gasteiger partial charge in [0.05, 0.1) is 42.5 Å². The number of nitrogens with zero attached hydrogens (tertiary/aromatic N) is 2. The number of morpholine rings is 1. The van der Waals surface area contributed by atoms with Crippen LogP contribution in [0.3, 0.4) is 0 Å². The standard InChI is InChI=1S/C13H15N3O4S/c1-7-9-11(18)14-6-15-12(9)21-10(7)13(19)16-2-3-20-5-8(16)4-17/h6,8,17H,2-5H2,1H3,(H,14,15,18). The van der Waals surface area contributed by atoms with E-state index in [9.17, 15) is 14.7 Å². The van der Waals surface area contributed by atoms with E-state index in [2.05, 4.69) is 9.97 Å². The highest BCUT2D eigenvalue weighted by molar-refractivity contribution is 7.20. The second kappa shape index (κ2) is 5.55. The number of carbonyl (C=O) groups is 1. The molecular formula is C13H15N3O4S. The number of hydrogen-bond donors (Lipinski definition) is 2. The van der Waals surface area contributed by atoms with Gasteiger partial charge in [-0.25, -0.2) is 4.98 Å². The van der Waals surface area contributed by atoms with Gasteiger partial charge in [-0.05, 0) is 12.5 Å². The number of ether oxygens (including phenoxy) is 1. The molecule has 2 aromatic heterocycles. The van der Waals surface area contributed by atoms with Crippen LogP contribution >= 0.6 is 11.3 Å². The molecule has 1 unspecified atom stereocenters. The Bertz CT molecular complexity index is 739. The van der Waals surface area contributed by atoms with Crippen molar-refractivity contribution in [1.82, 2.24) is 14.9 Å². The first-order chi connectivity index (χ1) is 10.1. The number of aliphatic hydroxyl groups excluding tert-OH is 1. The number of amides is 1. The number of aromatic nitrogens is 2. The molecule has 3 heterocycles. The third-order valence-corrected chi connectivity index (χ3v) is 4.81. The van der Waals surface area contributed by atoms with Crippen molar-refractivity contribution in [2.75, 3.05) is 26.4 Å². The van der Waals surface area contributed by atoms with Crippen LogP contribution in [0.4, 0.5) is 0 Å². The van der Waals surface area contributed by atoms with Crippen molar-refractivity contribution in [3.63, 3.8) is 0 Å². The highest BCUT2D eigenvalue weighted by atomic mass is 32.1. The molecule has 1 fully saturated rings. The number of nitrogens with one attached hydrogen (secondary N) is 1. The molecule has 2 N–H and O–H groups in total. The monoisotopic (exact) mass is 309 g/mol. The fourth-order valence-electron chi connectivity index (χ4n) is 2.49. The first-order valence-electron chi connectivity index (χ1n) is 6.60. The molecule has 0 radical (unpaired) electrons. The maximum Gasteiger partial charge on any atom is 0.264 e. The summed E-state index contributed by atoms with van der Waals surface area (Å²) in [7, 11) is 0. The number of fused-ring (bicyclic) bond motifs is 1. The summed E-state index contributed by atoms with van der Waals surface area (Å²) in [5.41, 5.74) is 0.394. The van der Waals surface area contributed by atoms with Gasteiger partial charge in [0.15, 0.2) is 0 Å². The van der Waals surface area contributed by atoms with Crippen molar-refractivity contribution in [3.8, 4) is 0 Å². The minimum atomic E-state index is -0.345. The summed E-state index contributed by atoms with van der Waals surface area (Å²) in [6.07, 6.45) is 1.33. The summed E-state index contributed by atoms with van der Waals surface area (Å²) < 4.78 is 5.28. The number of aryl methyl sites for hydroxylation is 1. The fraction of sp³-hybridized carbons (Fsp3) is 0.462. The molecule has 0 aliphatic carbocycles. The van der Waals surface area contributed by atoms with E-state index in [-0.39, 0.29) is 24.1 Å². The Labute approximate surface area is 124 Å². The van der Waals surface area contributed by atoms with Crippen molar-refractivity contribution in [3.05, 3.63) is 27.1 Å². The predicted molar refractivity (Wildman–Crippen MR) is 77.7 cm³/mol. The predicted octanol–water partition coefficient (Wildman–Crippen LogP) is 0.126. The van der Waals surface area contributed by atoms with E-state index in [0.29, 0.717) is 40.4 Å². The minimum Gasteiger partial charge on any atom is -0.394 e. The van der Waals surface area contributed by atoms with Gasteiger partial charge < -0.3 is 19.7 Å². The van der Waals surface area contributed by atoms with E-state index in [1.165, 1.54) is 17.7 Å². The van der Waals surface area contributed by atoms with E-state index in [1.54, 1.807) is 11.8 Å². The van der Waals surface area contributed by atoms with E-state index < -0.39 is 0 Å². The van der Waals surface area contributed by atoms with Crippen molar-refractivity contribution in [2.45, 2.75) is 13.0 Å². The lowest BCUT2D eigenvalue weighted by Gasteiger charge is -2.34. The van der Waals surface area contributed by atoms with E-state index in [1.807, 2.05) is 0 Å². The molecule has 7 nitrogen and oxygen atoms in total. The van der Waals surface area contributed by atoms with Crippen LogP contribution < -0.4 is 5.56 Å². The van der Waals surface area contributed by atoms with Gasteiger partial charge in [0, 0.05) is 6.54 Å². The molecule has 1 aliphatic rings. The zero-order valence-electron chi connectivity index (χ0n) is 11.5. The Hall–Kier alpha value is -1.77. The Morgan fingerprint density at radius 1 is 1.67 bits per heavy atom. The lowest BCUT2D eigenvalue weighted by Crippen LogP contribution is -2.50. The average molecular weight is 309 g/mol. The van der Waals surface area contributed by atoms with Crippen LogP contribution in [-0.4, -0.2) is 58.3 Å². The van der Waals surface area contributed by atoms with Crippen LogP contribution in [0.25, 0.3) is 10.2 Å². The molecule has 2 aromatic rings. The normalized spacial score (nSPS) is 19.1. The van der Waals surface area contributed by atoms with Crippen molar-refractivity contribution >= 4 is 27.5 Å². The maximum absolute atomic E-state index is 12.7. The number of hydrogen-bond acceptors (Lipinski definition) is 6. The zero-order valence-corrected chi connectivity index (χ0v) is 12.3. The second-order valence-corrected chi connectivity index (χ2v) is 5.88. The third-order valence-electron chi connectivity index (χ3n) is 3.63. The smallest absolute Gasteiger partial charge is 0.264 e. The molecule has 8 heteroatoms. The lowest BCUT2D eigenvalue weighted by atomic mass is 10.1. The van der Waals surface area contributed by atoms with Gasteiger partial charge in [0.2, 0.25) is 0 Å². The molecule has 112 valence electrons. The molecule has 1 amide bonds. The number of rotatable bonds is 2. The van der Waals surface area contributed by atoms with Crippen molar-refractivity contribution < 1.29 is 14.6 Å². The lowest BCUT2D eigenvalue weighted by molar-refractivity contribution is -0.0181. The highest BCUT2D eigenvalue weighted by Gasteiger charge is 2.30. The Morgan fingerprint density at radius 2 is 2.48 bits per heavy atom. The Kier molecular flexibility index (Phi) is 3.75. The van der Waals surface area contributed by atoms with Gasteiger partial charge in [-0.15, -0.1) is 11.3 Å². The molecule has 0 bridgehead atoms. The van der Waals surface area contributed by atoms with Gasteiger partial charge in [-0.2, -0.15) is 0 Å². The molecule has 3 rings (SSSR count). The Balaban J connectivity index is 2.03. The largest absolute Gasteiger partial charge is 0.394 e. The van der Waals surface area contributed by atoms with E-state index >= 15 is 0 Å². The van der Waals surface area contributed by atoms with E-state index in [4.69, 9.17) is 4.74 Å². The fourth-order valence-corrected chi connectivity index (χ4v) is 3.59. The highest BCUT2D eigenvalue weighted by Crippen LogP contribution is 2.28. The number of aliphatic hydroxyl groups is 1. The summed E-state index contributed by atoms with van der Waals surface area (Å²) >= 11 is 1.21. The summed E-state index contributed by atoms with van der Waals surface area (Å²) in [6.45, 7) is 2.81. The SMILES string of the molecule is Cc1c(C(=O)N2CCOCC2CO)sc2nc[nH]c(=O)c12. The summed E-state index contributed by atoms with van der Waals surface area (Å²) in [5, 5.41) is 9.83. The molecule has 0 saturated carbocycles. The van der Waals surface area contributed by atoms with Gasteiger partial charge >= 0.3 is 0 Å².